The van der Waals surface area contributed by atoms with Gasteiger partial charge in [0.25, 0.3) is 0 Å². The van der Waals surface area contributed by atoms with Crippen molar-refractivity contribution in [1.82, 2.24) is 0 Å². The van der Waals surface area contributed by atoms with Crippen LogP contribution >= 0.6 is 0 Å². The lowest BCUT2D eigenvalue weighted by Gasteiger charge is -2.08. The van der Waals surface area contributed by atoms with E-state index in [4.69, 9.17) is 15.3 Å². The Kier molecular flexibility index (Phi) is 5.28. The van der Waals surface area contributed by atoms with Crippen LogP contribution in [0.1, 0.15) is 6.42 Å². The molecule has 0 amide bonds. The van der Waals surface area contributed by atoms with Gasteiger partial charge in [0, 0.05) is 6.42 Å². The summed E-state index contributed by atoms with van der Waals surface area (Å²) in [5.74, 6) is 0. The van der Waals surface area contributed by atoms with E-state index in [0.29, 0.717) is 0 Å². The number of hydrogen-bond acceptors (Lipinski definition) is 4. The van der Waals surface area contributed by atoms with E-state index in [-0.39, 0.29) is 13.0 Å². The van der Waals surface area contributed by atoms with E-state index in [1.165, 1.54) is 0 Å². The monoisotopic (exact) mass is 212 g/mol. The second kappa shape index (κ2) is 6.53. The Hall–Kier alpha value is -0.940. The molecule has 0 aromatic heterocycles. The molecule has 84 valence electrons. The van der Waals surface area contributed by atoms with E-state index in [1.807, 2.05) is 36.4 Å². The quantitative estimate of drug-likeness (QED) is 0.619. The van der Waals surface area contributed by atoms with Crippen LogP contribution in [0.2, 0.25) is 0 Å². The topological polar surface area (TPSA) is 69.9 Å². The number of rotatable bonds is 1. The lowest BCUT2D eigenvalue weighted by atomic mass is 10.2. The Morgan fingerprint density at radius 3 is 1.67 bits per heavy atom. The van der Waals surface area contributed by atoms with Crippen LogP contribution in [0.15, 0.2) is 36.4 Å². The van der Waals surface area contributed by atoms with Crippen LogP contribution in [0.5, 0.6) is 0 Å². The maximum atomic E-state index is 8.91. The van der Waals surface area contributed by atoms with Crippen LogP contribution in [-0.2, 0) is 4.74 Å². The molecule has 0 bridgehead atoms. The average Bonchev–Trinajstić information content (AvgIpc) is 2.60. The van der Waals surface area contributed by atoms with E-state index in [2.05, 4.69) is 4.74 Å². The Morgan fingerprint density at radius 1 is 1.00 bits per heavy atom. The fourth-order valence-corrected chi connectivity index (χ4v) is 1.26. The summed E-state index contributed by atoms with van der Waals surface area (Å²) >= 11 is 0. The standard InChI is InChI=1S/C6H6.C5H10O4/c1-2-4-6-5-3-1;6-2-4-3(7)1-5(8)9-4/h1-6H;3-8H,1-2H2/t;3-,4+,5?/m.0/s1. The molecule has 1 aromatic carbocycles. The van der Waals surface area contributed by atoms with Crippen molar-refractivity contribution in [1.29, 1.82) is 0 Å². The minimum absolute atomic E-state index is 0.200. The zero-order valence-corrected chi connectivity index (χ0v) is 8.36. The minimum atomic E-state index is -0.905. The highest BCUT2D eigenvalue weighted by Gasteiger charge is 2.31. The smallest absolute Gasteiger partial charge is 0.157 e. The van der Waals surface area contributed by atoms with Gasteiger partial charge in [0.05, 0.1) is 12.7 Å². The highest BCUT2D eigenvalue weighted by molar-refractivity contribution is 4.99. The Labute approximate surface area is 88.8 Å². The predicted octanol–water partition coefficient (Wildman–Crippen LogP) is 0.133. The van der Waals surface area contributed by atoms with Crippen molar-refractivity contribution in [2.75, 3.05) is 6.61 Å². The van der Waals surface area contributed by atoms with Crippen molar-refractivity contribution in [2.45, 2.75) is 24.9 Å². The van der Waals surface area contributed by atoms with E-state index in [0.717, 1.165) is 0 Å². The molecule has 1 aliphatic heterocycles. The number of aliphatic hydroxyl groups is 3. The first-order valence-electron chi connectivity index (χ1n) is 4.86. The van der Waals surface area contributed by atoms with Crippen LogP contribution in [0.25, 0.3) is 0 Å². The largest absolute Gasteiger partial charge is 0.394 e. The molecule has 0 spiro atoms. The van der Waals surface area contributed by atoms with E-state index in [1.54, 1.807) is 0 Å². The molecule has 1 aromatic rings. The van der Waals surface area contributed by atoms with Crippen LogP contribution in [-0.4, -0.2) is 40.4 Å². The van der Waals surface area contributed by atoms with Crippen molar-refractivity contribution in [3.05, 3.63) is 36.4 Å². The molecule has 3 N–H and O–H groups in total. The van der Waals surface area contributed by atoms with Crippen LogP contribution in [0.3, 0.4) is 0 Å². The van der Waals surface area contributed by atoms with Gasteiger partial charge in [0.2, 0.25) is 0 Å². The van der Waals surface area contributed by atoms with Gasteiger partial charge in [-0.05, 0) is 0 Å². The summed E-state index contributed by atoms with van der Waals surface area (Å²) in [4.78, 5) is 0. The molecule has 0 saturated carbocycles. The summed E-state index contributed by atoms with van der Waals surface area (Å²) in [5, 5.41) is 26.1. The molecule has 3 atom stereocenters. The van der Waals surface area contributed by atoms with Crippen LogP contribution in [0.4, 0.5) is 0 Å². The van der Waals surface area contributed by atoms with Gasteiger partial charge < -0.3 is 20.1 Å². The number of ether oxygens (including phenoxy) is 1. The highest BCUT2D eigenvalue weighted by Crippen LogP contribution is 2.17. The summed E-state index contributed by atoms with van der Waals surface area (Å²) in [7, 11) is 0. The fraction of sp³-hybridized carbons (Fsp3) is 0.455. The molecule has 15 heavy (non-hydrogen) atoms. The Morgan fingerprint density at radius 2 is 1.47 bits per heavy atom. The van der Waals surface area contributed by atoms with Crippen molar-refractivity contribution in [2.24, 2.45) is 0 Å². The first kappa shape index (κ1) is 12.1. The second-order valence-electron chi connectivity index (χ2n) is 3.27. The normalized spacial score (nSPS) is 29.4. The van der Waals surface area contributed by atoms with Crippen LogP contribution in [0, 0.1) is 0 Å². The molecule has 1 unspecified atom stereocenters. The van der Waals surface area contributed by atoms with Gasteiger partial charge in [-0.2, -0.15) is 0 Å². The lowest BCUT2D eigenvalue weighted by Crippen LogP contribution is -2.24. The third-order valence-corrected chi connectivity index (χ3v) is 2.05. The molecule has 1 fully saturated rings. The Bertz CT molecular complexity index is 225. The molecule has 0 aliphatic carbocycles. The molecule has 1 saturated heterocycles. The van der Waals surface area contributed by atoms with Crippen molar-refractivity contribution < 1.29 is 20.1 Å². The minimum Gasteiger partial charge on any atom is -0.394 e. The van der Waals surface area contributed by atoms with Crippen molar-refractivity contribution in [3.8, 4) is 0 Å². The zero-order chi connectivity index (χ0) is 11.1. The van der Waals surface area contributed by atoms with E-state index < -0.39 is 18.5 Å². The number of benzene rings is 1. The summed E-state index contributed by atoms with van der Waals surface area (Å²) in [6, 6.07) is 12.0. The van der Waals surface area contributed by atoms with E-state index in [9.17, 15) is 0 Å². The predicted molar refractivity (Wildman–Crippen MR) is 55.0 cm³/mol. The Balaban J connectivity index is 0.000000162. The first-order valence-corrected chi connectivity index (χ1v) is 4.86. The van der Waals surface area contributed by atoms with Crippen molar-refractivity contribution in [3.63, 3.8) is 0 Å². The van der Waals surface area contributed by atoms with Gasteiger partial charge in [0.1, 0.15) is 6.10 Å². The molecule has 1 aliphatic rings. The SMILES string of the molecule is OC[C@H]1OC(O)C[C@@H]1O.c1ccccc1. The van der Waals surface area contributed by atoms with Gasteiger partial charge in [-0.1, -0.05) is 36.4 Å². The number of hydrogen-bond donors (Lipinski definition) is 3. The molecule has 2 rings (SSSR count). The van der Waals surface area contributed by atoms with Crippen LogP contribution < -0.4 is 0 Å². The maximum Gasteiger partial charge on any atom is 0.157 e. The molecule has 4 heteroatoms. The van der Waals surface area contributed by atoms with E-state index >= 15 is 0 Å². The summed E-state index contributed by atoms with van der Waals surface area (Å²) in [6.07, 6.45) is -2.02. The molecule has 1 heterocycles. The average molecular weight is 212 g/mol. The summed E-state index contributed by atoms with van der Waals surface area (Å²) in [6.45, 7) is -0.238. The fourth-order valence-electron chi connectivity index (χ4n) is 1.26. The summed E-state index contributed by atoms with van der Waals surface area (Å²) < 4.78 is 4.68. The van der Waals surface area contributed by atoms with Gasteiger partial charge in [0.15, 0.2) is 6.29 Å². The highest BCUT2D eigenvalue weighted by atomic mass is 16.6. The number of aliphatic hydroxyl groups excluding tert-OH is 3. The summed E-state index contributed by atoms with van der Waals surface area (Å²) in [5.41, 5.74) is 0. The second-order valence-corrected chi connectivity index (χ2v) is 3.27. The van der Waals surface area contributed by atoms with Gasteiger partial charge in [-0.15, -0.1) is 0 Å². The van der Waals surface area contributed by atoms with Gasteiger partial charge in [-0.3, -0.25) is 0 Å². The molecule has 4 nitrogen and oxygen atoms in total. The zero-order valence-electron chi connectivity index (χ0n) is 8.36. The lowest BCUT2D eigenvalue weighted by molar-refractivity contribution is -0.107. The first-order chi connectivity index (χ1) is 7.24. The molecule has 0 radical (unpaired) electrons. The van der Waals surface area contributed by atoms with Gasteiger partial charge in [-0.25, -0.2) is 0 Å². The molecular formula is C11H16O4. The van der Waals surface area contributed by atoms with Gasteiger partial charge >= 0.3 is 0 Å². The maximum absolute atomic E-state index is 8.91. The third kappa shape index (κ3) is 4.40. The molecular weight excluding hydrogens is 196 g/mol. The third-order valence-electron chi connectivity index (χ3n) is 2.05. The van der Waals surface area contributed by atoms with Crippen molar-refractivity contribution >= 4 is 0 Å².